The summed E-state index contributed by atoms with van der Waals surface area (Å²) < 4.78 is 0. The van der Waals surface area contributed by atoms with Crippen molar-refractivity contribution in [2.45, 2.75) is 0 Å². The normalized spacial score (nSPS) is 10.4. The molecule has 7 nitrogen and oxygen atoms in total. The van der Waals surface area contributed by atoms with Gasteiger partial charge in [0.2, 0.25) is 0 Å². The van der Waals surface area contributed by atoms with Crippen LogP contribution in [0.25, 0.3) is 22.2 Å². The Kier molecular flexibility index (Phi) is 3.84. The predicted octanol–water partition coefficient (Wildman–Crippen LogP) is 4.64. The number of rotatable bonds is 4. The van der Waals surface area contributed by atoms with Crippen LogP contribution in [0.1, 0.15) is 5.56 Å². The van der Waals surface area contributed by atoms with Gasteiger partial charge in [-0.1, -0.05) is 6.07 Å². The van der Waals surface area contributed by atoms with E-state index in [1.165, 1.54) is 0 Å². The Morgan fingerprint density at radius 2 is 1.96 bits per heavy atom. The number of nitriles is 1. The summed E-state index contributed by atoms with van der Waals surface area (Å²) in [6.07, 6.45) is 3.42. The largest absolute Gasteiger partial charge is 0.353 e. The molecule has 4 aromatic rings. The summed E-state index contributed by atoms with van der Waals surface area (Å²) in [4.78, 5) is 15.1. The zero-order chi connectivity index (χ0) is 17.9. The zero-order valence-corrected chi connectivity index (χ0v) is 13.5. The van der Waals surface area contributed by atoms with Crippen LogP contribution < -0.4 is 5.32 Å². The van der Waals surface area contributed by atoms with Gasteiger partial charge < -0.3 is 5.32 Å². The van der Waals surface area contributed by atoms with E-state index in [-0.39, 0.29) is 5.69 Å². The van der Waals surface area contributed by atoms with E-state index in [1.54, 1.807) is 30.6 Å². The third kappa shape index (κ3) is 2.65. The van der Waals surface area contributed by atoms with Crippen LogP contribution in [0.2, 0.25) is 0 Å². The maximum atomic E-state index is 11.1. The number of para-hydroxylation sites is 1. The Bertz CT molecular complexity index is 1140. The molecular weight excluding hydrogens is 328 g/mol. The van der Waals surface area contributed by atoms with Crippen LogP contribution in [-0.4, -0.2) is 15.2 Å². The van der Waals surface area contributed by atoms with Crippen molar-refractivity contribution in [1.29, 1.82) is 5.26 Å². The highest BCUT2D eigenvalue weighted by molar-refractivity contribution is 5.95. The molecule has 0 bridgehead atoms. The number of nitrogens with one attached hydrogen (secondary N) is 2. The number of aromatic amines is 1. The van der Waals surface area contributed by atoms with Crippen molar-refractivity contribution in [1.82, 2.24) is 15.2 Å². The Hall–Kier alpha value is -4.05. The Labute approximate surface area is 148 Å². The molecule has 0 amide bonds. The fourth-order valence-corrected chi connectivity index (χ4v) is 2.81. The van der Waals surface area contributed by atoms with Crippen LogP contribution in [0.4, 0.5) is 17.1 Å². The van der Waals surface area contributed by atoms with Crippen LogP contribution in [0.3, 0.4) is 0 Å². The Balaban J connectivity index is 1.80. The summed E-state index contributed by atoms with van der Waals surface area (Å²) in [5.74, 6) is 0. The van der Waals surface area contributed by atoms with Crippen molar-refractivity contribution >= 4 is 28.0 Å². The minimum Gasteiger partial charge on any atom is -0.353 e. The highest BCUT2D eigenvalue weighted by Gasteiger charge is 2.12. The molecule has 0 radical (unpaired) electrons. The lowest BCUT2D eigenvalue weighted by Gasteiger charge is -2.10. The lowest BCUT2D eigenvalue weighted by Crippen LogP contribution is -1.94. The number of fused-ring (bicyclic) bond motifs is 1. The maximum Gasteiger partial charge on any atom is 0.132 e. The first-order valence-corrected chi connectivity index (χ1v) is 7.82. The Morgan fingerprint density at radius 3 is 2.73 bits per heavy atom. The standard InChI is InChI=1S/C19H12N6O/c20-11-13-2-1-3-17(25-26)19(13)22-14-4-5-16-15(10-14)18(24-23-16)12-6-8-21-9-7-12/h1-10,22H,(H,23,24). The van der Waals surface area contributed by atoms with Gasteiger partial charge in [-0.2, -0.15) is 10.4 Å². The van der Waals surface area contributed by atoms with Crippen molar-refractivity contribution in [2.24, 2.45) is 5.18 Å². The molecule has 4 rings (SSSR count). The van der Waals surface area contributed by atoms with Gasteiger partial charge in [0, 0.05) is 29.0 Å². The van der Waals surface area contributed by atoms with Gasteiger partial charge in [-0.3, -0.25) is 10.1 Å². The second kappa shape index (κ2) is 6.45. The zero-order valence-electron chi connectivity index (χ0n) is 13.5. The van der Waals surface area contributed by atoms with Gasteiger partial charge >= 0.3 is 0 Å². The molecule has 2 aromatic carbocycles. The molecule has 26 heavy (non-hydrogen) atoms. The summed E-state index contributed by atoms with van der Waals surface area (Å²) in [7, 11) is 0. The van der Waals surface area contributed by atoms with Crippen molar-refractivity contribution in [3.8, 4) is 17.3 Å². The van der Waals surface area contributed by atoms with Gasteiger partial charge in [0.1, 0.15) is 17.5 Å². The molecule has 0 aliphatic heterocycles. The monoisotopic (exact) mass is 340 g/mol. The first-order chi connectivity index (χ1) is 12.8. The average Bonchev–Trinajstić information content (AvgIpc) is 3.12. The molecule has 0 unspecified atom stereocenters. The predicted molar refractivity (Wildman–Crippen MR) is 99.2 cm³/mol. The van der Waals surface area contributed by atoms with Crippen LogP contribution in [0, 0.1) is 16.2 Å². The van der Waals surface area contributed by atoms with Crippen molar-refractivity contribution in [2.75, 3.05) is 5.32 Å². The fourth-order valence-electron chi connectivity index (χ4n) is 2.81. The van der Waals surface area contributed by atoms with E-state index in [9.17, 15) is 10.2 Å². The molecule has 2 N–H and O–H groups in total. The number of hydrogen-bond acceptors (Lipinski definition) is 6. The molecule has 7 heteroatoms. The fraction of sp³-hybridized carbons (Fsp3) is 0. The third-order valence-corrected chi connectivity index (χ3v) is 4.05. The first kappa shape index (κ1) is 15.5. The lowest BCUT2D eigenvalue weighted by molar-refractivity contribution is 1.12. The number of pyridine rings is 1. The first-order valence-electron chi connectivity index (χ1n) is 7.82. The number of benzene rings is 2. The molecule has 0 fully saturated rings. The Morgan fingerprint density at radius 1 is 1.12 bits per heavy atom. The van der Waals surface area contributed by atoms with E-state index in [1.807, 2.05) is 30.3 Å². The topological polar surface area (TPSA) is 107 Å². The summed E-state index contributed by atoms with van der Waals surface area (Å²) >= 11 is 0. The van der Waals surface area contributed by atoms with Gasteiger partial charge in [0.25, 0.3) is 0 Å². The average molecular weight is 340 g/mol. The minimum absolute atomic E-state index is 0.186. The lowest BCUT2D eigenvalue weighted by atomic mass is 10.1. The van der Waals surface area contributed by atoms with Crippen LogP contribution in [-0.2, 0) is 0 Å². The molecular formula is C19H12N6O. The molecule has 0 spiro atoms. The van der Waals surface area contributed by atoms with Crippen LogP contribution in [0.15, 0.2) is 66.1 Å². The third-order valence-electron chi connectivity index (χ3n) is 4.05. The number of nitroso groups, excluding NO2 is 1. The molecule has 2 aromatic heterocycles. The smallest absolute Gasteiger partial charge is 0.132 e. The number of H-pyrrole nitrogens is 1. The SMILES string of the molecule is N#Cc1cccc(N=O)c1Nc1ccc2[nH]nc(-c3ccncc3)c2c1. The van der Waals surface area contributed by atoms with E-state index in [0.29, 0.717) is 11.3 Å². The molecule has 0 aliphatic rings. The summed E-state index contributed by atoms with van der Waals surface area (Å²) in [5, 5.41) is 23.7. The minimum atomic E-state index is 0.186. The van der Waals surface area contributed by atoms with Crippen molar-refractivity contribution in [3.05, 3.63) is 71.4 Å². The van der Waals surface area contributed by atoms with Gasteiger partial charge in [-0.05, 0) is 47.6 Å². The van der Waals surface area contributed by atoms with Crippen molar-refractivity contribution < 1.29 is 0 Å². The highest BCUT2D eigenvalue weighted by atomic mass is 16.3. The van der Waals surface area contributed by atoms with E-state index in [0.717, 1.165) is 27.8 Å². The van der Waals surface area contributed by atoms with E-state index < -0.39 is 0 Å². The van der Waals surface area contributed by atoms with Gasteiger partial charge in [-0.15, -0.1) is 4.91 Å². The van der Waals surface area contributed by atoms with Gasteiger partial charge in [0.15, 0.2) is 0 Å². The van der Waals surface area contributed by atoms with Crippen molar-refractivity contribution in [3.63, 3.8) is 0 Å². The van der Waals surface area contributed by atoms with Gasteiger partial charge in [0.05, 0.1) is 16.8 Å². The van der Waals surface area contributed by atoms with Crippen LogP contribution >= 0.6 is 0 Å². The summed E-state index contributed by atoms with van der Waals surface area (Å²) in [5.41, 5.74) is 4.27. The molecule has 0 saturated heterocycles. The number of nitrogens with zero attached hydrogens (tertiary/aromatic N) is 4. The molecule has 0 saturated carbocycles. The summed E-state index contributed by atoms with van der Waals surface area (Å²) in [6, 6.07) is 16.3. The van der Waals surface area contributed by atoms with E-state index >= 15 is 0 Å². The number of hydrogen-bond donors (Lipinski definition) is 2. The van der Waals surface area contributed by atoms with E-state index in [2.05, 4.69) is 31.7 Å². The number of aromatic nitrogens is 3. The molecule has 0 aliphatic carbocycles. The molecule has 2 heterocycles. The van der Waals surface area contributed by atoms with E-state index in [4.69, 9.17) is 0 Å². The number of anilines is 2. The second-order valence-electron chi connectivity index (χ2n) is 5.60. The quantitative estimate of drug-likeness (QED) is 0.526. The molecule has 0 atom stereocenters. The second-order valence-corrected chi connectivity index (χ2v) is 5.60. The van der Waals surface area contributed by atoms with Gasteiger partial charge in [-0.25, -0.2) is 0 Å². The highest BCUT2D eigenvalue weighted by Crippen LogP contribution is 2.33. The summed E-state index contributed by atoms with van der Waals surface area (Å²) in [6.45, 7) is 0. The molecule has 124 valence electrons. The van der Waals surface area contributed by atoms with Crippen LogP contribution in [0.5, 0.6) is 0 Å². The maximum absolute atomic E-state index is 11.1.